The van der Waals surface area contributed by atoms with E-state index in [4.69, 9.17) is 0 Å². The molecule has 0 radical (unpaired) electrons. The van der Waals surface area contributed by atoms with E-state index in [1.54, 1.807) is 22.4 Å². The maximum atomic E-state index is 12.9. The summed E-state index contributed by atoms with van der Waals surface area (Å²) in [6, 6.07) is 7.64. The van der Waals surface area contributed by atoms with Gasteiger partial charge in [0.25, 0.3) is 0 Å². The predicted molar refractivity (Wildman–Crippen MR) is 94.3 cm³/mol. The molecule has 1 amide bonds. The summed E-state index contributed by atoms with van der Waals surface area (Å²) in [5.41, 5.74) is 1.96. The van der Waals surface area contributed by atoms with Gasteiger partial charge in [-0.25, -0.2) is 8.42 Å². The lowest BCUT2D eigenvalue weighted by atomic mass is 10.1. The highest BCUT2D eigenvalue weighted by Crippen LogP contribution is 2.25. The number of sulfone groups is 1. The number of pyridine rings is 1. The van der Waals surface area contributed by atoms with Crippen LogP contribution >= 0.6 is 11.3 Å². The van der Waals surface area contributed by atoms with Crippen LogP contribution < -0.4 is 0 Å². The van der Waals surface area contributed by atoms with Gasteiger partial charge in [0.2, 0.25) is 5.91 Å². The molecule has 1 atom stereocenters. The predicted octanol–water partition coefficient (Wildman–Crippen LogP) is 2.42. The molecule has 0 aromatic carbocycles. The number of carbonyl (C=O) groups excluding carboxylic acids is 1. The molecular formula is C17H20N2O3S2. The van der Waals surface area contributed by atoms with Gasteiger partial charge in [-0.1, -0.05) is 6.07 Å². The quantitative estimate of drug-likeness (QED) is 0.817. The van der Waals surface area contributed by atoms with E-state index in [0.717, 1.165) is 16.1 Å². The Kier molecular flexibility index (Phi) is 5.01. The summed E-state index contributed by atoms with van der Waals surface area (Å²) in [7, 11) is -3.08. The van der Waals surface area contributed by atoms with Crippen molar-refractivity contribution < 1.29 is 13.2 Å². The second-order valence-electron chi connectivity index (χ2n) is 6.14. The van der Waals surface area contributed by atoms with E-state index in [9.17, 15) is 13.2 Å². The molecule has 24 heavy (non-hydrogen) atoms. The number of nitrogens with zero attached hydrogens (tertiary/aromatic N) is 2. The highest BCUT2D eigenvalue weighted by Gasteiger charge is 2.35. The van der Waals surface area contributed by atoms with Crippen molar-refractivity contribution in [3.8, 4) is 0 Å². The van der Waals surface area contributed by atoms with Gasteiger partial charge < -0.3 is 4.90 Å². The van der Waals surface area contributed by atoms with Crippen LogP contribution in [0.4, 0.5) is 0 Å². The van der Waals surface area contributed by atoms with Crippen molar-refractivity contribution in [1.82, 2.24) is 9.88 Å². The molecule has 1 fully saturated rings. The first-order chi connectivity index (χ1) is 11.4. The molecule has 0 spiro atoms. The van der Waals surface area contributed by atoms with Crippen LogP contribution in [0.5, 0.6) is 0 Å². The van der Waals surface area contributed by atoms with Gasteiger partial charge in [-0.05, 0) is 42.5 Å². The number of amides is 1. The second-order valence-corrected chi connectivity index (χ2v) is 9.37. The molecule has 3 rings (SSSR count). The van der Waals surface area contributed by atoms with E-state index < -0.39 is 15.8 Å². The third-order valence-electron chi connectivity index (χ3n) is 4.27. The Morgan fingerprint density at radius 3 is 2.75 bits per heavy atom. The van der Waals surface area contributed by atoms with Crippen molar-refractivity contribution in [1.29, 1.82) is 0 Å². The molecule has 0 aliphatic carbocycles. The Labute approximate surface area is 146 Å². The molecule has 2 aromatic rings. The summed E-state index contributed by atoms with van der Waals surface area (Å²) in [5.74, 6) is -0.444. The number of hydrogen-bond acceptors (Lipinski definition) is 5. The Hall–Kier alpha value is -1.73. The molecule has 128 valence electrons. The monoisotopic (exact) mass is 364 g/mol. The van der Waals surface area contributed by atoms with E-state index in [1.165, 1.54) is 0 Å². The summed E-state index contributed by atoms with van der Waals surface area (Å²) >= 11 is 1.62. The minimum absolute atomic E-state index is 0.0338. The number of aromatic nitrogens is 1. The van der Waals surface area contributed by atoms with Gasteiger partial charge >= 0.3 is 0 Å². The van der Waals surface area contributed by atoms with Crippen molar-refractivity contribution in [2.45, 2.75) is 26.4 Å². The number of carbonyl (C=O) groups is 1. The number of rotatable bonds is 5. The Morgan fingerprint density at radius 2 is 2.17 bits per heavy atom. The van der Waals surface area contributed by atoms with Crippen LogP contribution in [-0.4, -0.2) is 35.7 Å². The molecule has 2 aromatic heterocycles. The van der Waals surface area contributed by atoms with Crippen LogP contribution in [0.3, 0.4) is 0 Å². The summed E-state index contributed by atoms with van der Waals surface area (Å²) in [4.78, 5) is 20.1. The fourth-order valence-corrected chi connectivity index (χ4v) is 5.54. The first-order valence-corrected chi connectivity index (χ1v) is 10.6. The van der Waals surface area contributed by atoms with Crippen LogP contribution in [0, 0.1) is 12.8 Å². The number of aryl methyl sites for hydroxylation is 1. The van der Waals surface area contributed by atoms with E-state index >= 15 is 0 Å². The molecule has 0 saturated carbocycles. The molecule has 0 bridgehead atoms. The third kappa shape index (κ3) is 4.02. The van der Waals surface area contributed by atoms with Gasteiger partial charge in [0.15, 0.2) is 9.84 Å². The van der Waals surface area contributed by atoms with E-state index in [-0.39, 0.29) is 17.4 Å². The largest absolute Gasteiger partial charge is 0.331 e. The van der Waals surface area contributed by atoms with Crippen molar-refractivity contribution in [3.63, 3.8) is 0 Å². The molecular weight excluding hydrogens is 344 g/mol. The Bertz CT molecular complexity index is 815. The first kappa shape index (κ1) is 17.1. The van der Waals surface area contributed by atoms with Crippen LogP contribution in [-0.2, 0) is 27.7 Å². The average molecular weight is 364 g/mol. The van der Waals surface area contributed by atoms with Crippen LogP contribution in [0.15, 0.2) is 35.8 Å². The van der Waals surface area contributed by atoms with Crippen LogP contribution in [0.25, 0.3) is 0 Å². The molecule has 5 nitrogen and oxygen atoms in total. The molecule has 1 aliphatic rings. The molecule has 0 unspecified atom stereocenters. The van der Waals surface area contributed by atoms with Crippen LogP contribution in [0.2, 0.25) is 0 Å². The van der Waals surface area contributed by atoms with Gasteiger partial charge in [0.05, 0.1) is 36.2 Å². The van der Waals surface area contributed by atoms with E-state index in [1.807, 2.05) is 36.6 Å². The van der Waals surface area contributed by atoms with Gasteiger partial charge in [-0.3, -0.25) is 9.78 Å². The smallest absolute Gasteiger partial charge is 0.227 e. The van der Waals surface area contributed by atoms with Gasteiger partial charge in [0, 0.05) is 11.1 Å². The number of hydrogen-bond donors (Lipinski definition) is 0. The highest BCUT2D eigenvalue weighted by atomic mass is 32.2. The standard InChI is InChI=1S/C17H20N2O3S2/c1-13-5-8-23-16(13)11-19(10-15-4-2-3-7-18-15)17(20)14-6-9-24(21,22)12-14/h2-5,7-8,14H,6,9-12H2,1H3/t14-/m0/s1. The fraction of sp³-hybridized carbons (Fsp3) is 0.412. The minimum atomic E-state index is -3.08. The normalized spacial score (nSPS) is 19.3. The summed E-state index contributed by atoms with van der Waals surface area (Å²) < 4.78 is 23.4. The zero-order valence-corrected chi connectivity index (χ0v) is 15.1. The van der Waals surface area contributed by atoms with Crippen LogP contribution in [0.1, 0.15) is 22.6 Å². The average Bonchev–Trinajstić information content (AvgIpc) is 3.12. The minimum Gasteiger partial charge on any atom is -0.331 e. The van der Waals surface area contributed by atoms with Crippen molar-refractivity contribution in [2.24, 2.45) is 5.92 Å². The topological polar surface area (TPSA) is 67.3 Å². The SMILES string of the molecule is Cc1ccsc1CN(Cc1ccccn1)C(=O)[C@H]1CCS(=O)(=O)C1. The third-order valence-corrected chi connectivity index (χ3v) is 7.05. The Morgan fingerprint density at radius 1 is 1.33 bits per heavy atom. The summed E-state index contributed by atoms with van der Waals surface area (Å²) in [5, 5.41) is 2.01. The second kappa shape index (κ2) is 7.03. The lowest BCUT2D eigenvalue weighted by Crippen LogP contribution is -2.36. The molecule has 7 heteroatoms. The zero-order chi connectivity index (χ0) is 17.2. The maximum absolute atomic E-state index is 12.9. The first-order valence-electron chi connectivity index (χ1n) is 7.87. The summed E-state index contributed by atoms with van der Waals surface area (Å²) in [6.07, 6.45) is 2.12. The van der Waals surface area contributed by atoms with Gasteiger partial charge in [-0.15, -0.1) is 11.3 Å². The molecule has 1 aliphatic heterocycles. The number of thiophene rings is 1. The van der Waals surface area contributed by atoms with Crippen molar-refractivity contribution in [3.05, 3.63) is 52.0 Å². The summed E-state index contributed by atoms with van der Waals surface area (Å²) in [6.45, 7) is 2.91. The Balaban J connectivity index is 1.81. The van der Waals surface area contributed by atoms with Gasteiger partial charge in [0.1, 0.15) is 0 Å². The lowest BCUT2D eigenvalue weighted by molar-refractivity contribution is -0.136. The van der Waals surface area contributed by atoms with E-state index in [2.05, 4.69) is 4.98 Å². The zero-order valence-electron chi connectivity index (χ0n) is 13.5. The fourth-order valence-electron chi connectivity index (χ4n) is 2.89. The van der Waals surface area contributed by atoms with Crippen molar-refractivity contribution in [2.75, 3.05) is 11.5 Å². The highest BCUT2D eigenvalue weighted by molar-refractivity contribution is 7.91. The molecule has 0 N–H and O–H groups in total. The van der Waals surface area contributed by atoms with Gasteiger partial charge in [-0.2, -0.15) is 0 Å². The van der Waals surface area contributed by atoms with E-state index in [0.29, 0.717) is 19.5 Å². The lowest BCUT2D eigenvalue weighted by Gasteiger charge is -2.25. The maximum Gasteiger partial charge on any atom is 0.227 e. The molecule has 3 heterocycles. The molecule has 1 saturated heterocycles. The van der Waals surface area contributed by atoms with Crippen molar-refractivity contribution >= 4 is 27.1 Å².